The number of pyridine rings is 1. The van der Waals surface area contributed by atoms with Crippen LogP contribution in [-0.2, 0) is 10.5 Å². The molecule has 1 rings (SSSR count). The van der Waals surface area contributed by atoms with Crippen molar-refractivity contribution in [1.82, 2.24) is 4.98 Å². The lowest BCUT2D eigenvalue weighted by Crippen LogP contribution is -1.72. The highest BCUT2D eigenvalue weighted by molar-refractivity contribution is 7.61. The van der Waals surface area contributed by atoms with Crippen LogP contribution in [0.5, 0.6) is 0 Å². The van der Waals surface area contributed by atoms with E-state index in [-0.39, 0.29) is 10.8 Å². The Morgan fingerprint density at radius 1 is 1.55 bits per heavy atom. The summed E-state index contributed by atoms with van der Waals surface area (Å²) in [5.74, 6) is 0.0162. The van der Waals surface area contributed by atoms with Crippen molar-refractivity contribution >= 4 is 27.9 Å². The second kappa shape index (κ2) is 3.45. The fraction of sp³-hybridized carbons (Fsp3) is 0. The summed E-state index contributed by atoms with van der Waals surface area (Å²) in [5.41, 5.74) is 0. The lowest BCUT2D eigenvalue weighted by Gasteiger charge is -1.89. The Morgan fingerprint density at radius 3 is 2.82 bits per heavy atom. The Kier molecular flexibility index (Phi) is 2.56. The molecular weight excluding hydrogens is 188 g/mol. The zero-order valence-corrected chi connectivity index (χ0v) is 6.80. The highest BCUT2D eigenvalue weighted by Gasteiger charge is 1.96. The normalized spacial score (nSPS) is 9.18. The largest absolute Gasteiger partial charge is 0.317 e. The predicted molar refractivity (Wildman–Crippen MR) is 40.3 cm³/mol. The second-order valence-electron chi connectivity index (χ2n) is 1.62. The van der Waals surface area contributed by atoms with Crippen molar-refractivity contribution in [2.75, 3.05) is 0 Å². The predicted octanol–water partition coefficient (Wildman–Crippen LogP) is 1.43. The molecule has 11 heavy (non-hydrogen) atoms. The third-order valence-corrected chi connectivity index (χ3v) is 1.52. The SMILES string of the molecule is O=S(=O)=Nc1ncccc1Cl. The van der Waals surface area contributed by atoms with Gasteiger partial charge in [0.25, 0.3) is 0 Å². The number of hydrogen-bond acceptors (Lipinski definition) is 4. The van der Waals surface area contributed by atoms with Gasteiger partial charge < -0.3 is 0 Å². The third-order valence-electron chi connectivity index (χ3n) is 0.900. The van der Waals surface area contributed by atoms with Crippen LogP contribution in [0.1, 0.15) is 0 Å². The molecule has 0 saturated carbocycles. The van der Waals surface area contributed by atoms with E-state index in [2.05, 4.69) is 9.35 Å². The Hall–Kier alpha value is -0.940. The van der Waals surface area contributed by atoms with E-state index in [0.717, 1.165) is 0 Å². The molecule has 0 saturated heterocycles. The standard InChI is InChI=1S/C5H3ClN2O2S/c6-4-2-1-3-7-5(4)8-11(9)10/h1-3H. The molecule has 0 spiro atoms. The van der Waals surface area contributed by atoms with Crippen molar-refractivity contribution < 1.29 is 8.42 Å². The summed E-state index contributed by atoms with van der Waals surface area (Å²) < 4.78 is 23.2. The van der Waals surface area contributed by atoms with Gasteiger partial charge in [0.15, 0.2) is 5.82 Å². The summed E-state index contributed by atoms with van der Waals surface area (Å²) in [6.07, 6.45) is 1.41. The fourth-order valence-corrected chi connectivity index (χ4v) is 1.02. The number of hydrogen-bond donors (Lipinski definition) is 0. The lowest BCUT2D eigenvalue weighted by atomic mass is 10.5. The van der Waals surface area contributed by atoms with E-state index in [4.69, 9.17) is 11.6 Å². The van der Waals surface area contributed by atoms with Crippen LogP contribution in [0.25, 0.3) is 0 Å². The van der Waals surface area contributed by atoms with Crippen LogP contribution in [0, 0.1) is 0 Å². The van der Waals surface area contributed by atoms with Crippen molar-refractivity contribution in [2.24, 2.45) is 4.36 Å². The van der Waals surface area contributed by atoms with Gasteiger partial charge in [-0.1, -0.05) is 11.6 Å². The fourth-order valence-electron chi connectivity index (χ4n) is 0.515. The summed E-state index contributed by atoms with van der Waals surface area (Å²) >= 11 is 5.54. The Bertz CT molecular complexity index is 379. The first kappa shape index (κ1) is 8.16. The van der Waals surface area contributed by atoms with Gasteiger partial charge >= 0.3 is 10.5 Å². The second-order valence-corrected chi connectivity index (χ2v) is 2.64. The van der Waals surface area contributed by atoms with Gasteiger partial charge in [0, 0.05) is 6.20 Å². The molecule has 0 unspecified atom stereocenters. The zero-order chi connectivity index (χ0) is 8.27. The van der Waals surface area contributed by atoms with Crippen molar-refractivity contribution in [1.29, 1.82) is 0 Å². The van der Waals surface area contributed by atoms with E-state index < -0.39 is 10.5 Å². The van der Waals surface area contributed by atoms with E-state index in [9.17, 15) is 8.42 Å². The van der Waals surface area contributed by atoms with E-state index in [0.29, 0.717) is 0 Å². The number of aromatic nitrogens is 1. The third kappa shape index (κ3) is 2.28. The van der Waals surface area contributed by atoms with Crippen LogP contribution < -0.4 is 0 Å². The maximum Gasteiger partial charge on any atom is 0.317 e. The summed E-state index contributed by atoms with van der Waals surface area (Å²) in [6.45, 7) is 0. The van der Waals surface area contributed by atoms with Crippen LogP contribution in [0.15, 0.2) is 22.7 Å². The first-order valence-corrected chi connectivity index (χ1v) is 4.03. The molecule has 4 nitrogen and oxygen atoms in total. The highest BCUT2D eigenvalue weighted by Crippen LogP contribution is 2.19. The van der Waals surface area contributed by atoms with Crippen LogP contribution in [0.4, 0.5) is 5.82 Å². The van der Waals surface area contributed by atoms with Gasteiger partial charge in [0.05, 0.1) is 5.02 Å². The Labute approximate surface area is 69.5 Å². The molecule has 0 amide bonds. The van der Waals surface area contributed by atoms with Gasteiger partial charge in [0.2, 0.25) is 0 Å². The minimum atomic E-state index is -2.50. The molecule has 58 valence electrons. The van der Waals surface area contributed by atoms with Gasteiger partial charge in [-0.15, -0.1) is 4.36 Å². The molecular formula is C5H3ClN2O2S. The molecule has 0 N–H and O–H groups in total. The molecule has 0 aliphatic rings. The van der Waals surface area contributed by atoms with E-state index >= 15 is 0 Å². The topological polar surface area (TPSA) is 59.4 Å². The quantitative estimate of drug-likeness (QED) is 0.673. The minimum absolute atomic E-state index is 0.0162. The molecule has 0 aliphatic carbocycles. The summed E-state index contributed by atoms with van der Waals surface area (Å²) in [4.78, 5) is 3.63. The summed E-state index contributed by atoms with van der Waals surface area (Å²) in [5, 5.41) is 0.219. The molecule has 1 heterocycles. The van der Waals surface area contributed by atoms with Crippen molar-refractivity contribution in [3.8, 4) is 0 Å². The smallest absolute Gasteiger partial charge is 0.235 e. The average Bonchev–Trinajstić information content (AvgIpc) is 1.93. The van der Waals surface area contributed by atoms with Crippen molar-refractivity contribution in [2.45, 2.75) is 0 Å². The lowest BCUT2D eigenvalue weighted by molar-refractivity contribution is 0.622. The maximum atomic E-state index is 10.1. The van der Waals surface area contributed by atoms with Crippen LogP contribution in [0.3, 0.4) is 0 Å². The molecule has 6 heteroatoms. The molecule has 0 bridgehead atoms. The first-order chi connectivity index (χ1) is 5.20. The van der Waals surface area contributed by atoms with Gasteiger partial charge in [-0.25, -0.2) is 4.98 Å². The van der Waals surface area contributed by atoms with Crippen molar-refractivity contribution in [3.05, 3.63) is 23.4 Å². The van der Waals surface area contributed by atoms with Gasteiger partial charge in [-0.3, -0.25) is 0 Å². The Morgan fingerprint density at radius 2 is 2.27 bits per heavy atom. The Balaban J connectivity index is 3.25. The monoisotopic (exact) mass is 190 g/mol. The highest BCUT2D eigenvalue weighted by atomic mass is 35.5. The zero-order valence-electron chi connectivity index (χ0n) is 5.23. The van der Waals surface area contributed by atoms with E-state index in [1.165, 1.54) is 12.3 Å². The van der Waals surface area contributed by atoms with Crippen molar-refractivity contribution in [3.63, 3.8) is 0 Å². The number of halogens is 1. The van der Waals surface area contributed by atoms with E-state index in [1.807, 2.05) is 0 Å². The molecule has 0 atom stereocenters. The number of rotatable bonds is 1. The van der Waals surface area contributed by atoms with Crippen LogP contribution in [0.2, 0.25) is 5.02 Å². The van der Waals surface area contributed by atoms with Crippen LogP contribution >= 0.6 is 11.6 Å². The molecule has 0 fully saturated rings. The maximum absolute atomic E-state index is 10.1. The van der Waals surface area contributed by atoms with Gasteiger partial charge in [0.1, 0.15) is 0 Å². The van der Waals surface area contributed by atoms with Gasteiger partial charge in [-0.05, 0) is 12.1 Å². The number of nitrogens with zero attached hydrogens (tertiary/aromatic N) is 2. The molecule has 0 aliphatic heterocycles. The molecule has 1 aromatic heterocycles. The average molecular weight is 191 g/mol. The van der Waals surface area contributed by atoms with Gasteiger partial charge in [-0.2, -0.15) is 8.42 Å². The summed E-state index contributed by atoms with van der Waals surface area (Å²) in [7, 11) is -2.50. The first-order valence-electron chi connectivity index (χ1n) is 2.62. The summed E-state index contributed by atoms with van der Waals surface area (Å²) in [6, 6.07) is 3.11. The van der Waals surface area contributed by atoms with E-state index in [1.54, 1.807) is 6.07 Å². The molecule has 0 radical (unpaired) electrons. The minimum Gasteiger partial charge on any atom is -0.235 e. The molecule has 0 aromatic carbocycles. The van der Waals surface area contributed by atoms with Crippen LogP contribution in [-0.4, -0.2) is 13.4 Å². The molecule has 1 aromatic rings.